The monoisotopic (exact) mass is 396 g/mol. The fourth-order valence-electron chi connectivity index (χ4n) is 2.57. The minimum Gasteiger partial charge on any atom is -0.497 e. The van der Waals surface area contributed by atoms with Crippen LogP contribution in [0.4, 0.5) is 11.4 Å². The number of nitrogens with zero attached hydrogens (tertiary/aromatic N) is 1. The molecule has 1 amide bonds. The highest BCUT2D eigenvalue weighted by Crippen LogP contribution is 2.26. The van der Waals surface area contributed by atoms with Crippen LogP contribution in [0.15, 0.2) is 48.5 Å². The number of benzene rings is 2. The highest BCUT2D eigenvalue weighted by Gasteiger charge is 2.31. The molecule has 0 heterocycles. The van der Waals surface area contributed by atoms with Gasteiger partial charge in [0.2, 0.25) is 15.9 Å². The van der Waals surface area contributed by atoms with Gasteiger partial charge in [0.15, 0.2) is 0 Å². The van der Waals surface area contributed by atoms with Crippen molar-refractivity contribution in [1.29, 1.82) is 0 Å². The van der Waals surface area contributed by atoms with Crippen molar-refractivity contribution in [1.82, 2.24) is 0 Å². The van der Waals surface area contributed by atoms with Gasteiger partial charge in [0, 0.05) is 10.7 Å². The van der Waals surface area contributed by atoms with E-state index in [9.17, 15) is 13.2 Å². The largest absolute Gasteiger partial charge is 0.497 e. The standard InChI is InChI=1S/C18H21ClN2O4S/c1-4-17(18(22)20-14-8-10-16(25-2)11-9-14)21(26(3,23)24)15-7-5-6-13(19)12-15/h5-12,17H,4H2,1-3H3,(H,20,22). The average Bonchev–Trinajstić information content (AvgIpc) is 2.58. The number of anilines is 2. The number of halogens is 1. The topological polar surface area (TPSA) is 75.7 Å². The highest BCUT2D eigenvalue weighted by atomic mass is 35.5. The van der Waals surface area contributed by atoms with E-state index in [2.05, 4.69) is 5.32 Å². The first kappa shape index (κ1) is 20.1. The average molecular weight is 397 g/mol. The van der Waals surface area contributed by atoms with Crippen LogP contribution in [0.3, 0.4) is 0 Å². The smallest absolute Gasteiger partial charge is 0.248 e. The third-order valence-corrected chi connectivity index (χ3v) is 5.16. The molecule has 0 bridgehead atoms. The number of nitrogens with one attached hydrogen (secondary N) is 1. The molecule has 2 aromatic carbocycles. The number of sulfonamides is 1. The predicted molar refractivity (Wildman–Crippen MR) is 104 cm³/mol. The van der Waals surface area contributed by atoms with E-state index < -0.39 is 22.0 Å². The van der Waals surface area contributed by atoms with Crippen LogP contribution in [0, 0.1) is 0 Å². The molecule has 1 atom stereocenters. The summed E-state index contributed by atoms with van der Waals surface area (Å²) in [6, 6.07) is 12.3. The Balaban J connectivity index is 2.33. The summed E-state index contributed by atoms with van der Waals surface area (Å²) in [7, 11) is -2.15. The van der Waals surface area contributed by atoms with Gasteiger partial charge in [-0.25, -0.2) is 8.42 Å². The van der Waals surface area contributed by atoms with E-state index in [0.29, 0.717) is 28.6 Å². The normalized spacial score (nSPS) is 12.3. The van der Waals surface area contributed by atoms with E-state index in [4.69, 9.17) is 16.3 Å². The summed E-state index contributed by atoms with van der Waals surface area (Å²) < 4.78 is 30.9. The summed E-state index contributed by atoms with van der Waals surface area (Å²) in [4.78, 5) is 12.8. The lowest BCUT2D eigenvalue weighted by molar-refractivity contribution is -0.117. The maximum absolute atomic E-state index is 12.8. The fraction of sp³-hybridized carbons (Fsp3) is 0.278. The number of methoxy groups -OCH3 is 1. The van der Waals surface area contributed by atoms with Crippen molar-refractivity contribution < 1.29 is 17.9 Å². The molecule has 0 spiro atoms. The molecule has 0 radical (unpaired) electrons. The Labute approximate surface area is 158 Å². The number of carbonyl (C=O) groups is 1. The minimum atomic E-state index is -3.70. The Hall–Kier alpha value is -2.25. The summed E-state index contributed by atoms with van der Waals surface area (Å²) >= 11 is 5.99. The molecule has 0 aliphatic heterocycles. The summed E-state index contributed by atoms with van der Waals surface area (Å²) in [5.74, 6) is 0.231. The first-order valence-corrected chi connectivity index (χ1v) is 10.2. The van der Waals surface area contributed by atoms with Crippen LogP contribution in [0.25, 0.3) is 0 Å². The van der Waals surface area contributed by atoms with E-state index in [1.165, 1.54) is 6.07 Å². The molecule has 1 unspecified atom stereocenters. The van der Waals surface area contributed by atoms with Gasteiger partial charge in [0.25, 0.3) is 0 Å². The molecule has 2 rings (SSSR count). The van der Waals surface area contributed by atoms with Crippen molar-refractivity contribution >= 4 is 38.9 Å². The van der Waals surface area contributed by atoms with Crippen LogP contribution in [0.5, 0.6) is 5.75 Å². The van der Waals surface area contributed by atoms with Gasteiger partial charge in [-0.3, -0.25) is 9.10 Å². The summed E-state index contributed by atoms with van der Waals surface area (Å²) in [5.41, 5.74) is 0.894. The van der Waals surface area contributed by atoms with Gasteiger partial charge in [-0.05, 0) is 48.9 Å². The fourth-order valence-corrected chi connectivity index (χ4v) is 3.96. The van der Waals surface area contributed by atoms with E-state index in [-0.39, 0.29) is 0 Å². The molecule has 1 N–H and O–H groups in total. The second-order valence-corrected chi connectivity index (χ2v) is 7.98. The van der Waals surface area contributed by atoms with Crippen molar-refractivity contribution in [3.63, 3.8) is 0 Å². The second-order valence-electron chi connectivity index (χ2n) is 5.68. The zero-order valence-corrected chi connectivity index (χ0v) is 16.3. The van der Waals surface area contributed by atoms with Crippen molar-refractivity contribution in [2.45, 2.75) is 19.4 Å². The Morgan fingerprint density at radius 2 is 1.88 bits per heavy atom. The molecule has 2 aromatic rings. The van der Waals surface area contributed by atoms with Crippen LogP contribution in [0.1, 0.15) is 13.3 Å². The number of ether oxygens (including phenoxy) is 1. The molecule has 26 heavy (non-hydrogen) atoms. The zero-order chi connectivity index (χ0) is 19.3. The lowest BCUT2D eigenvalue weighted by Crippen LogP contribution is -2.47. The van der Waals surface area contributed by atoms with Crippen molar-refractivity contribution in [2.24, 2.45) is 0 Å². The Morgan fingerprint density at radius 1 is 1.23 bits per heavy atom. The zero-order valence-electron chi connectivity index (χ0n) is 14.8. The Kier molecular flexibility index (Phi) is 6.50. The quantitative estimate of drug-likeness (QED) is 0.776. The molecule has 0 fully saturated rings. The third kappa shape index (κ3) is 4.89. The van der Waals surface area contributed by atoms with Gasteiger partial charge >= 0.3 is 0 Å². The maximum atomic E-state index is 12.8. The number of rotatable bonds is 7. The number of carbonyl (C=O) groups excluding carboxylic acids is 1. The van der Waals surface area contributed by atoms with Crippen molar-refractivity contribution in [3.8, 4) is 5.75 Å². The molecular weight excluding hydrogens is 376 g/mol. The van der Waals surface area contributed by atoms with E-state index >= 15 is 0 Å². The van der Waals surface area contributed by atoms with Gasteiger partial charge < -0.3 is 10.1 Å². The van der Waals surface area contributed by atoms with Crippen LogP contribution in [-0.2, 0) is 14.8 Å². The van der Waals surface area contributed by atoms with Crippen LogP contribution in [0.2, 0.25) is 5.02 Å². The second kappa shape index (κ2) is 8.42. The molecule has 0 aliphatic rings. The first-order valence-electron chi connectivity index (χ1n) is 7.96. The van der Waals surface area contributed by atoms with Gasteiger partial charge in [-0.1, -0.05) is 24.6 Å². The summed E-state index contributed by atoms with van der Waals surface area (Å²) in [6.45, 7) is 1.75. The van der Waals surface area contributed by atoms with Crippen LogP contribution < -0.4 is 14.4 Å². The van der Waals surface area contributed by atoms with Gasteiger partial charge in [-0.15, -0.1) is 0 Å². The van der Waals surface area contributed by atoms with Crippen molar-refractivity contribution in [3.05, 3.63) is 53.6 Å². The lowest BCUT2D eigenvalue weighted by Gasteiger charge is -2.30. The predicted octanol–water partition coefficient (Wildman–Crippen LogP) is 3.53. The van der Waals surface area contributed by atoms with Gasteiger partial charge in [-0.2, -0.15) is 0 Å². The lowest BCUT2D eigenvalue weighted by atomic mass is 10.2. The number of amides is 1. The Morgan fingerprint density at radius 3 is 2.38 bits per heavy atom. The van der Waals surface area contributed by atoms with E-state index in [0.717, 1.165) is 10.6 Å². The molecule has 8 heteroatoms. The third-order valence-electron chi connectivity index (χ3n) is 3.75. The molecular formula is C18H21ClN2O4S. The minimum absolute atomic E-state index is 0.293. The first-order chi connectivity index (χ1) is 12.3. The molecule has 6 nitrogen and oxygen atoms in total. The highest BCUT2D eigenvalue weighted by molar-refractivity contribution is 7.92. The maximum Gasteiger partial charge on any atom is 0.248 e. The molecule has 0 saturated carbocycles. The molecule has 140 valence electrons. The van der Waals surface area contributed by atoms with E-state index in [1.807, 2.05) is 0 Å². The number of hydrogen-bond donors (Lipinski definition) is 1. The summed E-state index contributed by atoms with van der Waals surface area (Å²) in [5, 5.41) is 3.14. The molecule has 0 saturated heterocycles. The summed E-state index contributed by atoms with van der Waals surface area (Å²) in [6.07, 6.45) is 1.36. The van der Waals surface area contributed by atoms with Gasteiger partial charge in [0.1, 0.15) is 11.8 Å². The van der Waals surface area contributed by atoms with Crippen LogP contribution >= 0.6 is 11.6 Å². The van der Waals surface area contributed by atoms with Crippen LogP contribution in [-0.4, -0.2) is 33.7 Å². The SMILES string of the molecule is CCC(C(=O)Nc1ccc(OC)cc1)N(c1cccc(Cl)c1)S(C)(=O)=O. The molecule has 0 aromatic heterocycles. The van der Waals surface area contributed by atoms with E-state index in [1.54, 1.807) is 56.5 Å². The number of hydrogen-bond acceptors (Lipinski definition) is 4. The molecule has 0 aliphatic carbocycles. The Bertz CT molecular complexity index is 869. The van der Waals surface area contributed by atoms with Gasteiger partial charge in [0.05, 0.1) is 19.1 Å². The van der Waals surface area contributed by atoms with Crippen molar-refractivity contribution in [2.75, 3.05) is 23.0 Å².